The van der Waals surface area contributed by atoms with E-state index in [1.54, 1.807) is 0 Å². The molecule has 0 bridgehead atoms. The van der Waals surface area contributed by atoms with Gasteiger partial charge in [-0.05, 0) is 19.3 Å². The fraction of sp³-hybridized carbons (Fsp3) is 0.455. The van der Waals surface area contributed by atoms with Gasteiger partial charge in [-0.15, -0.1) is 6.58 Å². The van der Waals surface area contributed by atoms with E-state index < -0.39 is 0 Å². The summed E-state index contributed by atoms with van der Waals surface area (Å²) in [4.78, 5) is 0. The van der Waals surface area contributed by atoms with Gasteiger partial charge in [-0.1, -0.05) is 43.7 Å². The van der Waals surface area contributed by atoms with E-state index in [9.17, 15) is 0 Å². The van der Waals surface area contributed by atoms with Crippen molar-refractivity contribution in [2.45, 2.75) is 32.6 Å². The second-order valence-electron chi connectivity index (χ2n) is 2.51. The zero-order chi connectivity index (χ0) is 8.36. The van der Waals surface area contributed by atoms with Gasteiger partial charge in [0.15, 0.2) is 0 Å². The second-order valence-corrected chi connectivity index (χ2v) is 2.51. The Morgan fingerprint density at radius 1 is 1.00 bits per heavy atom. The van der Waals surface area contributed by atoms with Crippen LogP contribution in [0, 0.1) is 0 Å². The van der Waals surface area contributed by atoms with Gasteiger partial charge in [-0.25, -0.2) is 0 Å². The molecule has 0 aliphatic rings. The van der Waals surface area contributed by atoms with E-state index in [1.807, 2.05) is 6.08 Å². The standard InChI is InChI=1S/C11H18/c1-3-5-7-9-11-10-8-6-4-2/h3,8-11H,1,4-7H2,2H3. The third-order valence-corrected chi connectivity index (χ3v) is 1.38. The number of allylic oxidation sites excluding steroid dienone is 5. The first-order valence-corrected chi connectivity index (χ1v) is 4.34. The Morgan fingerprint density at radius 3 is 2.18 bits per heavy atom. The maximum absolute atomic E-state index is 3.66. The molecule has 62 valence electrons. The Morgan fingerprint density at radius 2 is 1.64 bits per heavy atom. The lowest BCUT2D eigenvalue weighted by Gasteiger charge is -1.83. The summed E-state index contributed by atoms with van der Waals surface area (Å²) in [6.07, 6.45) is 15.2. The van der Waals surface area contributed by atoms with Crippen LogP contribution in [0.2, 0.25) is 0 Å². The van der Waals surface area contributed by atoms with Crippen LogP contribution in [-0.2, 0) is 0 Å². The van der Waals surface area contributed by atoms with Crippen molar-refractivity contribution >= 4 is 0 Å². The molecule has 0 fully saturated rings. The highest BCUT2D eigenvalue weighted by atomic mass is 13.8. The van der Waals surface area contributed by atoms with E-state index in [4.69, 9.17) is 0 Å². The summed E-state index contributed by atoms with van der Waals surface area (Å²) in [6, 6.07) is 0. The number of hydrogen-bond acceptors (Lipinski definition) is 0. The fourth-order valence-corrected chi connectivity index (χ4v) is 0.730. The van der Waals surface area contributed by atoms with Crippen LogP contribution >= 0.6 is 0 Å². The predicted octanol–water partition coefficient (Wildman–Crippen LogP) is 3.87. The number of hydrogen-bond donors (Lipinski definition) is 0. The van der Waals surface area contributed by atoms with E-state index in [1.165, 1.54) is 12.8 Å². The molecule has 0 radical (unpaired) electrons. The Balaban J connectivity index is 3.20. The van der Waals surface area contributed by atoms with Crippen molar-refractivity contribution in [3.05, 3.63) is 37.0 Å². The molecular formula is C11H18. The van der Waals surface area contributed by atoms with Crippen molar-refractivity contribution in [2.75, 3.05) is 0 Å². The summed E-state index contributed by atoms with van der Waals surface area (Å²) < 4.78 is 0. The minimum absolute atomic E-state index is 1.08. The molecule has 0 heteroatoms. The molecule has 0 unspecified atom stereocenters. The normalized spacial score (nSPS) is 11.4. The molecule has 0 aliphatic carbocycles. The molecule has 0 aromatic carbocycles. The van der Waals surface area contributed by atoms with Crippen molar-refractivity contribution < 1.29 is 0 Å². The van der Waals surface area contributed by atoms with Gasteiger partial charge in [0.1, 0.15) is 0 Å². The third-order valence-electron chi connectivity index (χ3n) is 1.38. The Kier molecular flexibility index (Phi) is 8.57. The minimum Gasteiger partial charge on any atom is -0.103 e. The smallest absolute Gasteiger partial charge is 0.0313 e. The summed E-state index contributed by atoms with van der Waals surface area (Å²) >= 11 is 0. The van der Waals surface area contributed by atoms with Crippen LogP contribution < -0.4 is 0 Å². The predicted molar refractivity (Wildman–Crippen MR) is 52.6 cm³/mol. The second kappa shape index (κ2) is 9.22. The van der Waals surface area contributed by atoms with Crippen molar-refractivity contribution in [1.29, 1.82) is 0 Å². The summed E-state index contributed by atoms with van der Waals surface area (Å²) in [5.74, 6) is 0. The quantitative estimate of drug-likeness (QED) is 0.306. The van der Waals surface area contributed by atoms with E-state index in [2.05, 4.69) is 37.8 Å². The lowest BCUT2D eigenvalue weighted by atomic mass is 10.2. The lowest BCUT2D eigenvalue weighted by molar-refractivity contribution is 0.958. The molecular weight excluding hydrogens is 132 g/mol. The molecule has 0 saturated heterocycles. The van der Waals surface area contributed by atoms with Crippen molar-refractivity contribution in [3.63, 3.8) is 0 Å². The highest BCUT2D eigenvalue weighted by Crippen LogP contribution is 1.93. The topological polar surface area (TPSA) is 0 Å². The first-order valence-electron chi connectivity index (χ1n) is 4.34. The van der Waals surface area contributed by atoms with Crippen molar-refractivity contribution in [2.24, 2.45) is 0 Å². The number of rotatable bonds is 6. The molecule has 0 atom stereocenters. The summed E-state index contributed by atoms with van der Waals surface area (Å²) in [5.41, 5.74) is 0. The van der Waals surface area contributed by atoms with Crippen LogP contribution in [0.3, 0.4) is 0 Å². The van der Waals surface area contributed by atoms with Crippen LogP contribution in [0.25, 0.3) is 0 Å². The molecule has 0 aliphatic heterocycles. The SMILES string of the molecule is C=CCCC=CC=CCCC. The largest absolute Gasteiger partial charge is 0.103 e. The van der Waals surface area contributed by atoms with Crippen LogP contribution in [0.4, 0.5) is 0 Å². The van der Waals surface area contributed by atoms with Gasteiger partial charge in [-0.3, -0.25) is 0 Å². The minimum atomic E-state index is 1.08. The monoisotopic (exact) mass is 150 g/mol. The first kappa shape index (κ1) is 10.2. The number of unbranched alkanes of at least 4 members (excludes halogenated alkanes) is 2. The zero-order valence-corrected chi connectivity index (χ0v) is 7.42. The molecule has 0 saturated carbocycles. The van der Waals surface area contributed by atoms with Gasteiger partial charge in [0.25, 0.3) is 0 Å². The molecule has 0 N–H and O–H groups in total. The lowest BCUT2D eigenvalue weighted by Crippen LogP contribution is -1.62. The molecule has 0 aromatic heterocycles. The Hall–Kier alpha value is -0.780. The maximum Gasteiger partial charge on any atom is -0.0313 e. The Bertz CT molecular complexity index is 129. The molecule has 0 nitrogen and oxygen atoms in total. The molecule has 0 spiro atoms. The average molecular weight is 150 g/mol. The van der Waals surface area contributed by atoms with Crippen LogP contribution in [0.5, 0.6) is 0 Å². The van der Waals surface area contributed by atoms with Crippen molar-refractivity contribution in [1.82, 2.24) is 0 Å². The Labute approximate surface area is 70.3 Å². The van der Waals surface area contributed by atoms with E-state index >= 15 is 0 Å². The fourth-order valence-electron chi connectivity index (χ4n) is 0.730. The summed E-state index contributed by atoms with van der Waals surface area (Å²) in [5, 5.41) is 0. The van der Waals surface area contributed by atoms with Gasteiger partial charge in [0.2, 0.25) is 0 Å². The highest BCUT2D eigenvalue weighted by Gasteiger charge is 1.72. The van der Waals surface area contributed by atoms with Gasteiger partial charge in [0, 0.05) is 0 Å². The molecule has 0 aromatic rings. The van der Waals surface area contributed by atoms with E-state index in [0.717, 1.165) is 12.8 Å². The van der Waals surface area contributed by atoms with Gasteiger partial charge in [0.05, 0.1) is 0 Å². The summed E-state index contributed by atoms with van der Waals surface area (Å²) in [7, 11) is 0. The van der Waals surface area contributed by atoms with Gasteiger partial charge >= 0.3 is 0 Å². The van der Waals surface area contributed by atoms with Crippen LogP contribution in [0.1, 0.15) is 32.6 Å². The highest BCUT2D eigenvalue weighted by molar-refractivity contribution is 5.02. The first-order chi connectivity index (χ1) is 5.41. The van der Waals surface area contributed by atoms with Crippen molar-refractivity contribution in [3.8, 4) is 0 Å². The third kappa shape index (κ3) is 9.22. The molecule has 11 heavy (non-hydrogen) atoms. The van der Waals surface area contributed by atoms with Gasteiger partial charge < -0.3 is 0 Å². The van der Waals surface area contributed by atoms with Gasteiger partial charge in [-0.2, -0.15) is 0 Å². The van der Waals surface area contributed by atoms with E-state index in [0.29, 0.717) is 0 Å². The average Bonchev–Trinajstić information content (AvgIpc) is 2.03. The molecule has 0 rings (SSSR count). The van der Waals surface area contributed by atoms with Crippen LogP contribution in [0.15, 0.2) is 37.0 Å². The maximum atomic E-state index is 3.66. The zero-order valence-electron chi connectivity index (χ0n) is 7.42. The van der Waals surface area contributed by atoms with Crippen LogP contribution in [-0.4, -0.2) is 0 Å². The summed E-state index contributed by atoms with van der Waals surface area (Å²) in [6.45, 7) is 5.84. The molecule has 0 amide bonds. The van der Waals surface area contributed by atoms with E-state index in [-0.39, 0.29) is 0 Å². The molecule has 0 heterocycles.